The Morgan fingerprint density at radius 3 is 2.61 bits per heavy atom. The number of halogens is 3. The van der Waals surface area contributed by atoms with E-state index in [1.165, 1.54) is 6.07 Å². The van der Waals surface area contributed by atoms with E-state index in [2.05, 4.69) is 49.3 Å². The number of anilines is 3. The van der Waals surface area contributed by atoms with Crippen LogP contribution in [0.25, 0.3) is 10.8 Å². The summed E-state index contributed by atoms with van der Waals surface area (Å²) in [5, 5.41) is 12.8. The highest BCUT2D eigenvalue weighted by atomic mass is 19.4. The number of pyridine rings is 2. The Kier molecular flexibility index (Phi) is 5.97. The van der Waals surface area contributed by atoms with E-state index in [0.29, 0.717) is 17.6 Å². The molecule has 3 aromatic rings. The second kappa shape index (κ2) is 8.60. The molecule has 0 spiro atoms. The first-order valence-corrected chi connectivity index (χ1v) is 10.5. The van der Waals surface area contributed by atoms with Gasteiger partial charge in [-0.1, -0.05) is 0 Å². The zero-order valence-corrected chi connectivity index (χ0v) is 18.6. The zero-order chi connectivity index (χ0) is 23.9. The average molecular weight is 461 g/mol. The minimum Gasteiger partial charge on any atom is -0.399 e. The highest BCUT2D eigenvalue weighted by Crippen LogP contribution is 2.31. The Hall–Kier alpha value is -3.25. The van der Waals surface area contributed by atoms with Crippen molar-refractivity contribution >= 4 is 28.1 Å². The van der Waals surface area contributed by atoms with Gasteiger partial charge in [0.2, 0.25) is 0 Å². The van der Waals surface area contributed by atoms with E-state index in [9.17, 15) is 13.2 Å². The molecule has 1 saturated heterocycles. The predicted octanol–water partition coefficient (Wildman–Crippen LogP) is 2.54. The van der Waals surface area contributed by atoms with Gasteiger partial charge in [0.1, 0.15) is 17.7 Å². The Labute approximate surface area is 189 Å². The molecular weight excluding hydrogens is 435 g/mol. The summed E-state index contributed by atoms with van der Waals surface area (Å²) in [6.07, 6.45) is -4.00. The van der Waals surface area contributed by atoms with Gasteiger partial charge in [-0.05, 0) is 39.1 Å². The topological polar surface area (TPSA) is 122 Å². The molecule has 33 heavy (non-hydrogen) atoms. The second-order valence-electron chi connectivity index (χ2n) is 8.33. The molecule has 3 aromatic heterocycles. The molecule has 4 heterocycles. The van der Waals surface area contributed by atoms with Crippen molar-refractivity contribution in [2.24, 2.45) is 5.73 Å². The maximum Gasteiger partial charge on any atom is 0.433 e. The predicted molar refractivity (Wildman–Crippen MR) is 121 cm³/mol. The molecule has 9 nitrogen and oxygen atoms in total. The van der Waals surface area contributed by atoms with E-state index >= 15 is 0 Å². The van der Waals surface area contributed by atoms with Crippen molar-refractivity contribution in [1.82, 2.24) is 25.1 Å². The summed E-state index contributed by atoms with van der Waals surface area (Å²) in [7, 11) is 2.09. The Morgan fingerprint density at radius 2 is 1.91 bits per heavy atom. The number of aromatic nitrogens is 4. The molecule has 0 amide bonds. The van der Waals surface area contributed by atoms with Gasteiger partial charge >= 0.3 is 6.18 Å². The van der Waals surface area contributed by atoms with E-state index in [0.717, 1.165) is 42.3 Å². The third-order valence-corrected chi connectivity index (χ3v) is 5.89. The highest BCUT2D eigenvalue weighted by molar-refractivity contribution is 5.94. The maximum atomic E-state index is 13.1. The minimum atomic E-state index is -4.64. The standard InChI is InChI=1S/C21H26F3N9/c1-11-10-33(5-4-32(11)3)18-8-14-15(9-27-18)12(2)30-31-20(14)29-19(26)16-6-13(25)7-17(28-16)21(22,23)24/h6-9,11,19H,4-5,10,26H2,1-3H3,(H2,25,28)(H,29,31)/t11-,19+/m1/s1. The molecule has 1 fully saturated rings. The summed E-state index contributed by atoms with van der Waals surface area (Å²) in [5.41, 5.74) is 11.2. The third kappa shape index (κ3) is 4.76. The number of alkyl halides is 3. The Balaban J connectivity index is 1.68. The number of piperazine rings is 1. The molecule has 5 N–H and O–H groups in total. The van der Waals surface area contributed by atoms with Crippen molar-refractivity contribution in [3.8, 4) is 0 Å². The number of hydrogen-bond donors (Lipinski definition) is 3. The van der Waals surface area contributed by atoms with Crippen LogP contribution in [0.15, 0.2) is 24.4 Å². The molecule has 12 heteroatoms. The quantitative estimate of drug-likeness (QED) is 0.503. The Bertz CT molecular complexity index is 1170. The third-order valence-electron chi connectivity index (χ3n) is 5.89. The van der Waals surface area contributed by atoms with Crippen LogP contribution in [0.4, 0.5) is 30.5 Å². The van der Waals surface area contributed by atoms with E-state index in [-0.39, 0.29) is 11.4 Å². The van der Waals surface area contributed by atoms with Crippen molar-refractivity contribution < 1.29 is 13.2 Å². The van der Waals surface area contributed by atoms with E-state index in [1.54, 1.807) is 6.20 Å². The fourth-order valence-corrected chi connectivity index (χ4v) is 3.80. The van der Waals surface area contributed by atoms with Crippen LogP contribution in [-0.4, -0.2) is 57.8 Å². The molecule has 0 aliphatic carbocycles. The number of rotatable bonds is 4. The molecule has 0 bridgehead atoms. The van der Waals surface area contributed by atoms with Crippen molar-refractivity contribution in [3.05, 3.63) is 41.5 Å². The van der Waals surface area contributed by atoms with Crippen molar-refractivity contribution in [2.45, 2.75) is 32.2 Å². The van der Waals surface area contributed by atoms with Crippen LogP contribution in [0, 0.1) is 6.92 Å². The lowest BCUT2D eigenvalue weighted by Crippen LogP contribution is -2.50. The smallest absolute Gasteiger partial charge is 0.399 e. The molecule has 176 valence electrons. The van der Waals surface area contributed by atoms with Crippen LogP contribution in [0.3, 0.4) is 0 Å². The molecular formula is C21H26F3N9. The van der Waals surface area contributed by atoms with Gasteiger partial charge in [0.05, 0.1) is 11.4 Å². The summed E-state index contributed by atoms with van der Waals surface area (Å²) in [5.74, 6) is 1.11. The second-order valence-corrected chi connectivity index (χ2v) is 8.33. The first kappa shape index (κ1) is 22.9. The normalized spacial score (nSPS) is 18.5. The average Bonchev–Trinajstić information content (AvgIpc) is 2.76. The minimum absolute atomic E-state index is 0.0555. The van der Waals surface area contributed by atoms with Gasteiger partial charge in [-0.25, -0.2) is 9.97 Å². The van der Waals surface area contributed by atoms with Crippen molar-refractivity contribution in [1.29, 1.82) is 0 Å². The first-order valence-electron chi connectivity index (χ1n) is 10.5. The van der Waals surface area contributed by atoms with Crippen LogP contribution in [0.2, 0.25) is 0 Å². The largest absolute Gasteiger partial charge is 0.433 e. The first-order chi connectivity index (χ1) is 15.5. The van der Waals surface area contributed by atoms with Gasteiger partial charge < -0.3 is 26.6 Å². The lowest BCUT2D eigenvalue weighted by Gasteiger charge is -2.38. The maximum absolute atomic E-state index is 13.1. The molecule has 0 saturated carbocycles. The number of likely N-dealkylation sites (N-methyl/N-ethyl adjacent to an activating group) is 1. The molecule has 0 radical (unpaired) electrons. The number of hydrogen-bond acceptors (Lipinski definition) is 9. The summed E-state index contributed by atoms with van der Waals surface area (Å²) >= 11 is 0. The number of aryl methyl sites for hydroxylation is 1. The van der Waals surface area contributed by atoms with Crippen LogP contribution in [-0.2, 0) is 6.18 Å². The molecule has 4 rings (SSSR count). The fourth-order valence-electron chi connectivity index (χ4n) is 3.80. The molecule has 2 atom stereocenters. The van der Waals surface area contributed by atoms with Gasteiger partial charge in [0.15, 0.2) is 5.82 Å². The number of nitrogens with zero attached hydrogens (tertiary/aromatic N) is 6. The van der Waals surface area contributed by atoms with Crippen molar-refractivity contribution in [2.75, 3.05) is 42.6 Å². The van der Waals surface area contributed by atoms with Gasteiger partial charge in [0, 0.05) is 48.3 Å². The van der Waals surface area contributed by atoms with Crippen LogP contribution in [0.1, 0.15) is 30.2 Å². The number of fused-ring (bicyclic) bond motifs is 1. The summed E-state index contributed by atoms with van der Waals surface area (Å²) in [6.45, 7) is 6.53. The van der Waals surface area contributed by atoms with E-state index < -0.39 is 18.0 Å². The highest BCUT2D eigenvalue weighted by Gasteiger charge is 2.33. The summed E-state index contributed by atoms with van der Waals surface area (Å²) < 4.78 is 39.4. The van der Waals surface area contributed by atoms with E-state index in [4.69, 9.17) is 11.5 Å². The fraction of sp³-hybridized carbons (Fsp3) is 0.429. The summed E-state index contributed by atoms with van der Waals surface area (Å²) in [6, 6.07) is 4.34. The van der Waals surface area contributed by atoms with E-state index in [1.807, 2.05) is 13.0 Å². The van der Waals surface area contributed by atoms with Crippen LogP contribution < -0.4 is 21.7 Å². The number of nitrogens with two attached hydrogens (primary N) is 2. The number of nitrogen functional groups attached to an aromatic ring is 1. The van der Waals surface area contributed by atoms with Gasteiger partial charge in [-0.2, -0.15) is 18.3 Å². The molecule has 1 aliphatic heterocycles. The lowest BCUT2D eigenvalue weighted by atomic mass is 10.1. The van der Waals surface area contributed by atoms with Crippen LogP contribution in [0.5, 0.6) is 0 Å². The summed E-state index contributed by atoms with van der Waals surface area (Å²) in [4.78, 5) is 12.7. The van der Waals surface area contributed by atoms with Gasteiger partial charge in [0.25, 0.3) is 0 Å². The van der Waals surface area contributed by atoms with Gasteiger partial charge in [-0.3, -0.25) is 0 Å². The lowest BCUT2D eigenvalue weighted by molar-refractivity contribution is -0.141. The molecule has 0 unspecified atom stereocenters. The van der Waals surface area contributed by atoms with Crippen LogP contribution >= 0.6 is 0 Å². The van der Waals surface area contributed by atoms with Crippen molar-refractivity contribution in [3.63, 3.8) is 0 Å². The Morgan fingerprint density at radius 1 is 1.15 bits per heavy atom. The SMILES string of the molecule is Cc1nnc(N[C@H](N)c2cc(N)cc(C(F)(F)F)n2)c2cc(N3CCN(C)[C@H](C)C3)ncc12. The van der Waals surface area contributed by atoms with Gasteiger partial charge in [-0.15, -0.1) is 5.10 Å². The molecule has 1 aliphatic rings. The number of nitrogens with one attached hydrogen (secondary N) is 1. The monoisotopic (exact) mass is 461 g/mol. The zero-order valence-electron chi connectivity index (χ0n) is 18.6. The molecule has 0 aromatic carbocycles.